The van der Waals surface area contributed by atoms with Crippen LogP contribution < -0.4 is 15.6 Å². The van der Waals surface area contributed by atoms with Gasteiger partial charge in [0.05, 0.1) is 12.8 Å². The predicted molar refractivity (Wildman–Crippen MR) is 64.7 cm³/mol. The molecule has 0 aliphatic carbocycles. The predicted octanol–water partition coefficient (Wildman–Crippen LogP) is 2.26. The van der Waals surface area contributed by atoms with Crippen LogP contribution in [0.1, 0.15) is 0 Å². The first kappa shape index (κ1) is 10.6. The van der Waals surface area contributed by atoms with E-state index in [-0.39, 0.29) is 5.56 Å². The molecule has 2 rings (SSSR count). The van der Waals surface area contributed by atoms with Gasteiger partial charge in [-0.1, -0.05) is 12.1 Å². The summed E-state index contributed by atoms with van der Waals surface area (Å²) in [5, 5.41) is 5.30. The number of nitrogens with zero attached hydrogens (tertiary/aromatic N) is 1. The molecule has 82 valence electrons. The van der Waals surface area contributed by atoms with Crippen LogP contribution >= 0.6 is 11.3 Å². The molecule has 5 heteroatoms. The summed E-state index contributed by atoms with van der Waals surface area (Å²) in [7, 11) is 1.60. The van der Waals surface area contributed by atoms with Crippen molar-refractivity contribution >= 4 is 22.2 Å². The van der Waals surface area contributed by atoms with Crippen LogP contribution in [0.3, 0.4) is 0 Å². The Morgan fingerprint density at radius 1 is 1.31 bits per heavy atom. The minimum absolute atomic E-state index is 0.254. The maximum atomic E-state index is 11.1. The number of nitrogens with one attached hydrogen (secondary N) is 1. The van der Waals surface area contributed by atoms with Crippen molar-refractivity contribution < 1.29 is 4.74 Å². The Kier molecular flexibility index (Phi) is 3.16. The second-order valence-electron chi connectivity index (χ2n) is 3.00. The lowest BCUT2D eigenvalue weighted by atomic mass is 10.3. The molecule has 0 saturated heterocycles. The number of hydrogen-bond acceptors (Lipinski definition) is 5. The Morgan fingerprint density at radius 2 is 2.12 bits per heavy atom. The van der Waals surface area contributed by atoms with E-state index in [9.17, 15) is 4.79 Å². The molecule has 0 atom stereocenters. The fraction of sp³-hybridized carbons (Fsp3) is 0.0909. The fourth-order valence-electron chi connectivity index (χ4n) is 1.24. The molecule has 0 bridgehead atoms. The van der Waals surface area contributed by atoms with Crippen LogP contribution in [0.4, 0.5) is 10.8 Å². The van der Waals surface area contributed by atoms with E-state index in [1.807, 2.05) is 24.3 Å². The number of rotatable bonds is 3. The maximum Gasteiger partial charge on any atom is 0.273 e. The van der Waals surface area contributed by atoms with Crippen molar-refractivity contribution in [3.63, 3.8) is 0 Å². The van der Waals surface area contributed by atoms with Crippen LogP contribution in [0.5, 0.6) is 5.75 Å². The molecule has 0 fully saturated rings. The summed E-state index contributed by atoms with van der Waals surface area (Å²) in [5.74, 6) is 0.716. The molecule has 1 aromatic heterocycles. The lowest BCUT2D eigenvalue weighted by Gasteiger charge is -2.08. The second-order valence-corrected chi connectivity index (χ2v) is 3.90. The van der Waals surface area contributed by atoms with Crippen molar-refractivity contribution in [3.05, 3.63) is 46.1 Å². The highest BCUT2D eigenvalue weighted by atomic mass is 32.1. The van der Waals surface area contributed by atoms with E-state index in [0.29, 0.717) is 10.9 Å². The average molecular weight is 234 g/mol. The largest absolute Gasteiger partial charge is 0.495 e. The highest BCUT2D eigenvalue weighted by Gasteiger charge is 2.02. The third kappa shape index (κ3) is 2.38. The summed E-state index contributed by atoms with van der Waals surface area (Å²) < 4.78 is 5.18. The van der Waals surface area contributed by atoms with Gasteiger partial charge in [0, 0.05) is 6.07 Å². The van der Waals surface area contributed by atoms with Crippen LogP contribution in [0, 0.1) is 0 Å². The molecule has 4 nitrogen and oxygen atoms in total. The van der Waals surface area contributed by atoms with Crippen molar-refractivity contribution in [1.82, 2.24) is 4.98 Å². The Hall–Kier alpha value is -1.88. The Labute approximate surface area is 96.5 Å². The van der Waals surface area contributed by atoms with Gasteiger partial charge in [-0.05, 0) is 17.5 Å². The van der Waals surface area contributed by atoms with E-state index in [0.717, 1.165) is 5.69 Å². The van der Waals surface area contributed by atoms with Crippen molar-refractivity contribution in [2.75, 3.05) is 12.4 Å². The highest BCUT2D eigenvalue weighted by Crippen LogP contribution is 2.26. The van der Waals surface area contributed by atoms with Gasteiger partial charge < -0.3 is 10.1 Å². The third-order valence-corrected chi connectivity index (χ3v) is 2.64. The van der Waals surface area contributed by atoms with Crippen molar-refractivity contribution in [1.29, 1.82) is 0 Å². The van der Waals surface area contributed by atoms with Gasteiger partial charge in [0.2, 0.25) is 0 Å². The van der Waals surface area contributed by atoms with Crippen LogP contribution in [0.25, 0.3) is 0 Å². The Bertz CT molecular complexity index is 539. The summed E-state index contributed by atoms with van der Waals surface area (Å²) in [5.41, 5.74) is 0.537. The second kappa shape index (κ2) is 4.76. The number of methoxy groups -OCH3 is 1. The van der Waals surface area contributed by atoms with Crippen molar-refractivity contribution in [2.45, 2.75) is 0 Å². The molecule has 2 aromatic rings. The summed E-state index contributed by atoms with van der Waals surface area (Å²) in [6.45, 7) is 0. The molecular weight excluding hydrogens is 224 g/mol. The van der Waals surface area contributed by atoms with Gasteiger partial charge in [-0.3, -0.25) is 4.79 Å². The number of hydrogen-bond donors (Lipinski definition) is 1. The minimum atomic E-state index is -0.254. The van der Waals surface area contributed by atoms with Crippen LogP contribution in [0.2, 0.25) is 0 Å². The third-order valence-electron chi connectivity index (χ3n) is 1.95. The fourth-order valence-corrected chi connectivity index (χ4v) is 1.87. The normalized spacial score (nSPS) is 9.81. The average Bonchev–Trinajstić information content (AvgIpc) is 2.30. The maximum absolute atomic E-state index is 11.1. The summed E-state index contributed by atoms with van der Waals surface area (Å²) in [4.78, 5) is 14.9. The summed E-state index contributed by atoms with van der Waals surface area (Å²) in [6, 6.07) is 8.90. The van der Waals surface area contributed by atoms with Crippen molar-refractivity contribution in [2.24, 2.45) is 0 Å². The first-order chi connectivity index (χ1) is 7.79. The number of ether oxygens (including phenoxy) is 1. The van der Waals surface area contributed by atoms with Crippen LogP contribution in [0.15, 0.2) is 40.5 Å². The smallest absolute Gasteiger partial charge is 0.273 e. The zero-order valence-electron chi connectivity index (χ0n) is 8.64. The summed E-state index contributed by atoms with van der Waals surface area (Å²) >= 11 is 1.36. The number of aromatic nitrogens is 1. The number of para-hydroxylation sites is 2. The Balaban J connectivity index is 2.30. The lowest BCUT2D eigenvalue weighted by molar-refractivity contribution is 0.417. The van der Waals surface area contributed by atoms with Gasteiger partial charge in [-0.15, -0.1) is 11.3 Å². The van der Waals surface area contributed by atoms with Gasteiger partial charge in [0.1, 0.15) is 5.75 Å². The number of anilines is 2. The van der Waals surface area contributed by atoms with E-state index in [4.69, 9.17) is 4.74 Å². The van der Waals surface area contributed by atoms with E-state index >= 15 is 0 Å². The van der Waals surface area contributed by atoms with Gasteiger partial charge in [-0.2, -0.15) is 4.98 Å². The molecule has 0 saturated carbocycles. The minimum Gasteiger partial charge on any atom is -0.495 e. The molecule has 1 aromatic carbocycles. The molecule has 0 aliphatic rings. The SMILES string of the molecule is COc1ccccc1Nc1nc(=O)ccs1. The monoisotopic (exact) mass is 234 g/mol. The molecule has 0 radical (unpaired) electrons. The summed E-state index contributed by atoms with van der Waals surface area (Å²) in [6.07, 6.45) is 0. The van der Waals surface area contributed by atoms with Crippen molar-refractivity contribution in [3.8, 4) is 5.75 Å². The topological polar surface area (TPSA) is 51.2 Å². The molecule has 1 heterocycles. The first-order valence-corrected chi connectivity index (χ1v) is 5.53. The molecular formula is C11H10N2O2S. The zero-order chi connectivity index (χ0) is 11.4. The molecule has 0 aliphatic heterocycles. The highest BCUT2D eigenvalue weighted by molar-refractivity contribution is 7.13. The molecule has 0 amide bonds. The lowest BCUT2D eigenvalue weighted by Crippen LogP contribution is -2.04. The quantitative estimate of drug-likeness (QED) is 0.885. The zero-order valence-corrected chi connectivity index (χ0v) is 9.45. The van der Waals surface area contributed by atoms with Gasteiger partial charge in [-0.25, -0.2) is 0 Å². The molecule has 1 N–H and O–H groups in total. The first-order valence-electron chi connectivity index (χ1n) is 4.65. The van der Waals surface area contributed by atoms with E-state index in [1.165, 1.54) is 17.4 Å². The van der Waals surface area contributed by atoms with Gasteiger partial charge >= 0.3 is 0 Å². The standard InChI is InChI=1S/C11H10N2O2S/c1-15-9-5-3-2-4-8(9)12-11-13-10(14)6-7-16-11/h2-7H,1H3,(H,12,13,14). The van der Waals surface area contributed by atoms with Gasteiger partial charge in [0.25, 0.3) is 5.56 Å². The van der Waals surface area contributed by atoms with E-state index < -0.39 is 0 Å². The number of benzene rings is 1. The molecule has 0 spiro atoms. The Morgan fingerprint density at radius 3 is 2.88 bits per heavy atom. The molecule has 16 heavy (non-hydrogen) atoms. The van der Waals surface area contributed by atoms with Crippen LogP contribution in [-0.4, -0.2) is 12.1 Å². The molecule has 0 unspecified atom stereocenters. The van der Waals surface area contributed by atoms with Crippen LogP contribution in [-0.2, 0) is 0 Å². The van der Waals surface area contributed by atoms with Gasteiger partial charge in [0.15, 0.2) is 5.13 Å². The van der Waals surface area contributed by atoms with E-state index in [2.05, 4.69) is 10.3 Å². The van der Waals surface area contributed by atoms with E-state index in [1.54, 1.807) is 12.5 Å².